The smallest absolute Gasteiger partial charge is 0.407 e. The molecule has 0 aromatic carbocycles. The Labute approximate surface area is 415 Å². The van der Waals surface area contributed by atoms with E-state index in [1.54, 1.807) is 10.9 Å². The molecule has 0 fully saturated rings. The number of alkyl carbamates (subject to hydrolysis) is 1. The van der Waals surface area contributed by atoms with Crippen LogP contribution in [0.3, 0.4) is 0 Å². The number of carbonyl (C=O) groups excluding carboxylic acids is 5. The molecule has 0 atom stereocenters. The molecule has 1 heterocycles. The van der Waals surface area contributed by atoms with Crippen molar-refractivity contribution in [2.24, 2.45) is 5.16 Å². The predicted molar refractivity (Wildman–Crippen MR) is 252 cm³/mol. The second-order valence-corrected chi connectivity index (χ2v) is 16.1. The minimum Gasteiger partial charge on any atom is -0.443 e. The van der Waals surface area contributed by atoms with Gasteiger partial charge >= 0.3 is 6.09 Å². The van der Waals surface area contributed by atoms with E-state index in [4.69, 9.17) is 56.8 Å². The SMILES string of the molecule is C=NOCC(=O)NCC(=O)NCC(=O)NCC(=O)NCCNC(=O)OCc1cn(CCOCCOCCOCCOCCOCCOCCOCCOCCOCCOCCOCCC(C)(C)S)nn1. The first-order valence-electron chi connectivity index (χ1n) is 23.0. The van der Waals surface area contributed by atoms with Crippen molar-refractivity contribution in [1.82, 2.24) is 41.6 Å². The number of nitrogens with one attached hydrogen (secondary N) is 5. The van der Waals surface area contributed by atoms with Gasteiger partial charge in [-0.05, 0) is 6.42 Å². The van der Waals surface area contributed by atoms with Crippen molar-refractivity contribution in [3.8, 4) is 0 Å². The number of amides is 5. The molecule has 5 amide bonds. The predicted octanol–water partition coefficient (Wildman–Crippen LogP) is -2.12. The van der Waals surface area contributed by atoms with Crippen molar-refractivity contribution in [2.45, 2.75) is 38.2 Å². The number of rotatable bonds is 50. The van der Waals surface area contributed by atoms with Gasteiger partial charge in [0.05, 0.1) is 171 Å². The first kappa shape index (κ1) is 63.7. The maximum atomic E-state index is 12.0. The molecule has 27 nitrogen and oxygen atoms in total. The van der Waals surface area contributed by atoms with Crippen LogP contribution in [0.2, 0.25) is 0 Å². The Hall–Kier alpha value is -4.33. The van der Waals surface area contributed by atoms with E-state index in [-0.39, 0.29) is 37.5 Å². The molecule has 0 saturated carbocycles. The molecule has 28 heteroatoms. The van der Waals surface area contributed by atoms with Crippen LogP contribution in [0.25, 0.3) is 0 Å². The van der Waals surface area contributed by atoms with Gasteiger partial charge < -0.3 is 88.3 Å². The number of hydrogen-bond acceptors (Lipinski definition) is 22. The normalized spacial score (nSPS) is 11.2. The van der Waals surface area contributed by atoms with Gasteiger partial charge in [-0.1, -0.05) is 19.1 Å². The Balaban J connectivity index is 1.80. The topological polar surface area (TPSA) is 309 Å². The lowest BCUT2D eigenvalue weighted by molar-refractivity contribution is -0.130. The Kier molecular flexibility index (Phi) is 41.7. The Morgan fingerprint density at radius 2 is 0.900 bits per heavy atom. The summed E-state index contributed by atoms with van der Waals surface area (Å²) in [4.78, 5) is 63.2. The minimum absolute atomic E-state index is 0.0197. The molecule has 0 spiro atoms. The van der Waals surface area contributed by atoms with E-state index in [9.17, 15) is 24.0 Å². The lowest BCUT2D eigenvalue weighted by atomic mass is 10.1. The fourth-order valence-electron chi connectivity index (χ4n) is 4.73. The van der Waals surface area contributed by atoms with Crippen LogP contribution >= 0.6 is 12.6 Å². The van der Waals surface area contributed by atoms with Crippen LogP contribution in [-0.4, -0.2) is 241 Å². The Morgan fingerprint density at radius 3 is 1.30 bits per heavy atom. The van der Waals surface area contributed by atoms with Crippen LogP contribution < -0.4 is 26.6 Å². The van der Waals surface area contributed by atoms with Crippen molar-refractivity contribution >= 4 is 49.1 Å². The molecule has 1 aromatic rings. The standard InChI is InChI=1S/C42H77N9O18S/c1-42(2,70)4-8-57-10-12-59-14-16-61-18-20-63-22-24-65-26-28-67-29-27-66-25-23-64-21-19-62-17-15-60-13-11-58-9-7-51-33-36(49-50-51)34-68-41(56)45-6-5-44-37(52)30-46-38(53)31-47-39(54)32-48-40(55)35-69-43-3/h33,70H,3-32,34-35H2,1-2H3,(H,44,52)(H,45,56)(H,46,53)(H,47,54)(H,48,55). The van der Waals surface area contributed by atoms with Gasteiger partial charge in [0.2, 0.25) is 17.7 Å². The Bertz CT molecular complexity index is 1500. The molecule has 0 aliphatic heterocycles. The molecule has 0 saturated heterocycles. The van der Waals surface area contributed by atoms with Crippen molar-refractivity contribution in [3.05, 3.63) is 11.9 Å². The zero-order valence-corrected chi connectivity index (χ0v) is 41.7. The van der Waals surface area contributed by atoms with Gasteiger partial charge in [-0.3, -0.25) is 19.2 Å². The summed E-state index contributed by atoms with van der Waals surface area (Å²) < 4.78 is 67.2. The molecule has 0 aliphatic rings. The first-order valence-corrected chi connectivity index (χ1v) is 23.4. The average molecular weight is 1030 g/mol. The summed E-state index contributed by atoms with van der Waals surface area (Å²) in [6.45, 7) is 16.5. The van der Waals surface area contributed by atoms with Gasteiger partial charge in [-0.25, -0.2) is 9.48 Å². The number of oxime groups is 1. The van der Waals surface area contributed by atoms with Crippen molar-refractivity contribution < 1.29 is 85.7 Å². The summed E-state index contributed by atoms with van der Waals surface area (Å²) in [6.07, 6.45) is 1.79. The van der Waals surface area contributed by atoms with E-state index in [1.165, 1.54) is 0 Å². The maximum Gasteiger partial charge on any atom is 0.407 e. The van der Waals surface area contributed by atoms with Gasteiger partial charge in [0.1, 0.15) is 12.3 Å². The van der Waals surface area contributed by atoms with Gasteiger partial charge in [0.15, 0.2) is 6.61 Å². The van der Waals surface area contributed by atoms with Gasteiger partial charge in [0.25, 0.3) is 5.91 Å². The lowest BCUT2D eigenvalue weighted by Gasteiger charge is -2.16. The summed E-state index contributed by atoms with van der Waals surface area (Å²) in [5.41, 5.74) is 0.426. The van der Waals surface area contributed by atoms with Crippen LogP contribution in [0.4, 0.5) is 4.79 Å². The number of thiol groups is 1. The maximum absolute atomic E-state index is 12.0. The highest BCUT2D eigenvalue weighted by Gasteiger charge is 2.12. The zero-order valence-electron chi connectivity index (χ0n) is 40.8. The zero-order chi connectivity index (χ0) is 51.0. The number of hydrogen-bond donors (Lipinski definition) is 6. The quantitative estimate of drug-likeness (QED) is 0.0176. The molecule has 1 rings (SSSR count). The summed E-state index contributed by atoms with van der Waals surface area (Å²) in [7, 11) is 0. The summed E-state index contributed by atoms with van der Waals surface area (Å²) in [6, 6.07) is 0. The summed E-state index contributed by atoms with van der Waals surface area (Å²) in [5.74, 6) is -2.37. The van der Waals surface area contributed by atoms with Crippen LogP contribution in [0.1, 0.15) is 26.0 Å². The van der Waals surface area contributed by atoms with Crippen LogP contribution in [-0.2, 0) is 94.0 Å². The molecular formula is C42H77N9O18S. The summed E-state index contributed by atoms with van der Waals surface area (Å²) in [5, 5.41) is 22.8. The van der Waals surface area contributed by atoms with Crippen LogP contribution in [0.5, 0.6) is 0 Å². The summed E-state index contributed by atoms with van der Waals surface area (Å²) >= 11 is 4.46. The first-order chi connectivity index (χ1) is 34.0. The average Bonchev–Trinajstić information content (AvgIpc) is 3.80. The van der Waals surface area contributed by atoms with E-state index in [0.717, 1.165) is 6.42 Å². The molecule has 0 radical (unpaired) electrons. The van der Waals surface area contributed by atoms with Crippen molar-refractivity contribution in [1.29, 1.82) is 0 Å². The molecule has 0 bridgehead atoms. The number of aromatic nitrogens is 3. The van der Waals surface area contributed by atoms with Crippen LogP contribution in [0.15, 0.2) is 11.4 Å². The van der Waals surface area contributed by atoms with E-state index >= 15 is 0 Å². The molecule has 0 aliphatic carbocycles. The largest absolute Gasteiger partial charge is 0.443 e. The van der Waals surface area contributed by atoms with E-state index in [0.29, 0.717) is 158 Å². The third-order valence-electron chi connectivity index (χ3n) is 8.32. The van der Waals surface area contributed by atoms with Gasteiger partial charge in [-0.15, -0.1) is 10.3 Å². The third kappa shape index (κ3) is 44.8. The monoisotopic (exact) mass is 1030 g/mol. The fourth-order valence-corrected chi connectivity index (χ4v) is 4.82. The highest BCUT2D eigenvalue weighted by Crippen LogP contribution is 2.16. The van der Waals surface area contributed by atoms with E-state index < -0.39 is 42.9 Å². The Morgan fingerprint density at radius 1 is 0.543 bits per heavy atom. The molecule has 70 heavy (non-hydrogen) atoms. The van der Waals surface area contributed by atoms with Gasteiger partial charge in [-0.2, -0.15) is 12.6 Å². The molecule has 0 unspecified atom stereocenters. The third-order valence-corrected chi connectivity index (χ3v) is 8.55. The number of nitrogens with zero attached hydrogens (tertiary/aromatic N) is 4. The molecule has 1 aromatic heterocycles. The highest BCUT2D eigenvalue weighted by molar-refractivity contribution is 7.81. The van der Waals surface area contributed by atoms with Crippen LogP contribution in [0, 0.1) is 0 Å². The second-order valence-electron chi connectivity index (χ2n) is 14.9. The lowest BCUT2D eigenvalue weighted by Crippen LogP contribution is -2.45. The molecular weight excluding hydrogens is 951 g/mol. The molecule has 5 N–H and O–H groups in total. The van der Waals surface area contributed by atoms with E-state index in [2.05, 4.69) is 80.1 Å². The van der Waals surface area contributed by atoms with Crippen molar-refractivity contribution in [2.75, 3.05) is 185 Å². The number of ether oxygens (including phenoxy) is 12. The highest BCUT2D eigenvalue weighted by atomic mass is 32.1. The van der Waals surface area contributed by atoms with Gasteiger partial charge in [0, 0.05) is 31.2 Å². The minimum atomic E-state index is -0.729. The molecule has 404 valence electrons. The second kappa shape index (κ2) is 45.8. The number of carbonyl (C=O) groups is 5. The fraction of sp³-hybridized carbons (Fsp3) is 0.810. The van der Waals surface area contributed by atoms with E-state index in [1.807, 2.05) is 0 Å². The van der Waals surface area contributed by atoms with Crippen molar-refractivity contribution in [3.63, 3.8) is 0 Å².